The zero-order chi connectivity index (χ0) is 16.4. The molecule has 0 aliphatic carbocycles. The van der Waals surface area contributed by atoms with Crippen LogP contribution in [0.2, 0.25) is 0 Å². The minimum atomic E-state index is -0.934. The first kappa shape index (κ1) is 17.0. The number of carbonyl (C=O) groups excluding carboxylic acids is 1. The second kappa shape index (κ2) is 6.42. The van der Waals surface area contributed by atoms with Crippen molar-refractivity contribution in [1.82, 2.24) is 4.90 Å². The highest BCUT2D eigenvalue weighted by atomic mass is 16.6. The predicted molar refractivity (Wildman–Crippen MR) is 77.7 cm³/mol. The Labute approximate surface area is 130 Å². The lowest BCUT2D eigenvalue weighted by molar-refractivity contribution is -0.174. The molecule has 2 aliphatic rings. The van der Waals surface area contributed by atoms with Gasteiger partial charge in [-0.3, -0.25) is 4.79 Å². The summed E-state index contributed by atoms with van der Waals surface area (Å²) in [6, 6.07) is 0. The Balaban J connectivity index is 1.86. The average Bonchev–Trinajstić information content (AvgIpc) is 2.81. The van der Waals surface area contributed by atoms with E-state index in [1.165, 1.54) is 4.90 Å². The molecule has 7 heteroatoms. The lowest BCUT2D eigenvalue weighted by atomic mass is 9.90. The van der Waals surface area contributed by atoms with Crippen molar-refractivity contribution in [2.75, 3.05) is 26.3 Å². The average molecular weight is 315 g/mol. The van der Waals surface area contributed by atoms with Crippen molar-refractivity contribution in [3.63, 3.8) is 0 Å². The van der Waals surface area contributed by atoms with Crippen molar-refractivity contribution in [2.45, 2.75) is 57.3 Å². The topological polar surface area (TPSA) is 85.3 Å². The molecule has 1 atom stereocenters. The van der Waals surface area contributed by atoms with Crippen molar-refractivity contribution in [3.05, 3.63) is 0 Å². The fraction of sp³-hybridized carbons (Fsp3) is 0.867. The van der Waals surface area contributed by atoms with Crippen LogP contribution in [0, 0.1) is 0 Å². The zero-order valence-electron chi connectivity index (χ0n) is 13.5. The maximum Gasteiger partial charge on any atom is 0.410 e. The van der Waals surface area contributed by atoms with Crippen LogP contribution in [0.4, 0.5) is 4.79 Å². The number of carbonyl (C=O) groups is 2. The summed E-state index contributed by atoms with van der Waals surface area (Å²) >= 11 is 0. The number of carboxylic acids is 1. The largest absolute Gasteiger partial charge is 0.481 e. The van der Waals surface area contributed by atoms with Gasteiger partial charge >= 0.3 is 12.1 Å². The first-order valence-electron chi connectivity index (χ1n) is 7.64. The van der Waals surface area contributed by atoms with E-state index in [9.17, 15) is 9.59 Å². The Morgan fingerprint density at radius 2 is 2.05 bits per heavy atom. The molecule has 2 aliphatic heterocycles. The molecule has 1 N–H and O–H groups in total. The summed E-state index contributed by atoms with van der Waals surface area (Å²) in [6.45, 7) is 6.96. The smallest absolute Gasteiger partial charge is 0.410 e. The molecule has 0 spiro atoms. The highest BCUT2D eigenvalue weighted by molar-refractivity contribution is 5.72. The van der Waals surface area contributed by atoms with Gasteiger partial charge in [-0.25, -0.2) is 4.79 Å². The molecule has 126 valence electrons. The van der Waals surface area contributed by atoms with Crippen LogP contribution < -0.4 is 0 Å². The molecular formula is C15H25NO6. The molecule has 0 saturated carbocycles. The Hall–Kier alpha value is -1.34. The first-order valence-corrected chi connectivity index (χ1v) is 7.64. The molecule has 1 amide bonds. The fourth-order valence-corrected chi connectivity index (χ4v) is 2.68. The Morgan fingerprint density at radius 1 is 1.36 bits per heavy atom. The summed E-state index contributed by atoms with van der Waals surface area (Å²) in [6.07, 6.45) is 1.40. The highest BCUT2D eigenvalue weighted by Crippen LogP contribution is 2.31. The molecular weight excluding hydrogens is 290 g/mol. The van der Waals surface area contributed by atoms with Crippen molar-refractivity contribution in [2.24, 2.45) is 0 Å². The van der Waals surface area contributed by atoms with E-state index in [1.807, 2.05) is 0 Å². The van der Waals surface area contributed by atoms with Gasteiger partial charge in [-0.1, -0.05) is 0 Å². The molecule has 0 aromatic heterocycles. The number of carboxylic acid groups (broad SMARTS) is 1. The van der Waals surface area contributed by atoms with Gasteiger partial charge in [0.15, 0.2) is 0 Å². The van der Waals surface area contributed by atoms with Crippen LogP contribution in [0.3, 0.4) is 0 Å². The number of rotatable bonds is 5. The SMILES string of the molecule is CC(C)(C)OC(=O)N1CC(CC(=O)O)(OCC2CCCO2)C1. The number of likely N-dealkylation sites (tertiary alicyclic amines) is 1. The molecule has 0 radical (unpaired) electrons. The molecule has 2 saturated heterocycles. The second-order valence-corrected chi connectivity index (χ2v) is 7.04. The Kier molecular flexibility index (Phi) is 4.97. The number of hydrogen-bond donors (Lipinski definition) is 1. The molecule has 0 bridgehead atoms. The molecule has 0 aromatic carbocycles. The molecule has 1 unspecified atom stereocenters. The van der Waals surface area contributed by atoms with Gasteiger partial charge in [0, 0.05) is 6.61 Å². The second-order valence-electron chi connectivity index (χ2n) is 7.04. The maximum atomic E-state index is 12.0. The molecule has 22 heavy (non-hydrogen) atoms. The van der Waals surface area contributed by atoms with Gasteiger partial charge in [0.1, 0.15) is 11.2 Å². The quantitative estimate of drug-likeness (QED) is 0.830. The third-order valence-corrected chi connectivity index (χ3v) is 3.68. The van der Waals surface area contributed by atoms with Gasteiger partial charge in [-0.05, 0) is 33.6 Å². The van der Waals surface area contributed by atoms with E-state index in [-0.39, 0.29) is 25.6 Å². The monoisotopic (exact) mass is 315 g/mol. The number of hydrogen-bond acceptors (Lipinski definition) is 5. The van der Waals surface area contributed by atoms with E-state index in [0.29, 0.717) is 6.61 Å². The van der Waals surface area contributed by atoms with E-state index < -0.39 is 23.3 Å². The molecule has 7 nitrogen and oxygen atoms in total. The van der Waals surface area contributed by atoms with Crippen molar-refractivity contribution in [3.8, 4) is 0 Å². The lowest BCUT2D eigenvalue weighted by Crippen LogP contribution is -2.66. The zero-order valence-corrected chi connectivity index (χ0v) is 13.5. The van der Waals surface area contributed by atoms with Crippen LogP contribution in [-0.2, 0) is 19.0 Å². The summed E-state index contributed by atoms with van der Waals surface area (Å²) in [5, 5.41) is 9.07. The van der Waals surface area contributed by atoms with Gasteiger partial charge in [0.25, 0.3) is 0 Å². The lowest BCUT2D eigenvalue weighted by Gasteiger charge is -2.49. The number of amides is 1. The number of nitrogens with zero attached hydrogens (tertiary/aromatic N) is 1. The molecule has 2 rings (SSSR count). The van der Waals surface area contributed by atoms with Crippen LogP contribution in [0.5, 0.6) is 0 Å². The fourth-order valence-electron chi connectivity index (χ4n) is 2.68. The van der Waals surface area contributed by atoms with Crippen LogP contribution in [0.1, 0.15) is 40.0 Å². The minimum absolute atomic E-state index is 0.0289. The van der Waals surface area contributed by atoms with Crippen molar-refractivity contribution < 1.29 is 28.9 Å². The summed E-state index contributed by atoms with van der Waals surface area (Å²) < 4.78 is 16.6. The van der Waals surface area contributed by atoms with Gasteiger partial charge < -0.3 is 24.2 Å². The molecule has 2 heterocycles. The standard InChI is InChI=1S/C15H25NO6/c1-14(2,3)22-13(19)16-9-15(10-16,7-12(17)18)21-8-11-5-4-6-20-11/h11H,4-10H2,1-3H3,(H,17,18). The van der Waals surface area contributed by atoms with Crippen molar-refractivity contribution in [1.29, 1.82) is 0 Å². The Bertz CT molecular complexity index is 418. The van der Waals surface area contributed by atoms with E-state index in [2.05, 4.69) is 0 Å². The van der Waals surface area contributed by atoms with Gasteiger partial charge in [0.2, 0.25) is 0 Å². The third kappa shape index (κ3) is 4.58. The maximum absolute atomic E-state index is 12.0. The van der Waals surface area contributed by atoms with E-state index >= 15 is 0 Å². The molecule has 2 fully saturated rings. The minimum Gasteiger partial charge on any atom is -0.481 e. The number of aliphatic carboxylic acids is 1. The van der Waals surface area contributed by atoms with Crippen molar-refractivity contribution >= 4 is 12.1 Å². The van der Waals surface area contributed by atoms with Crippen LogP contribution in [-0.4, -0.2) is 65.7 Å². The summed E-state index contributed by atoms with van der Waals surface area (Å²) in [4.78, 5) is 24.5. The van der Waals surface area contributed by atoms with Gasteiger partial charge in [-0.15, -0.1) is 0 Å². The van der Waals surface area contributed by atoms with Crippen LogP contribution in [0.25, 0.3) is 0 Å². The van der Waals surface area contributed by atoms with Crippen LogP contribution in [0.15, 0.2) is 0 Å². The molecule has 0 aromatic rings. The van der Waals surface area contributed by atoms with E-state index in [4.69, 9.17) is 19.3 Å². The summed E-state index contributed by atoms with van der Waals surface area (Å²) in [5.74, 6) is -0.934. The first-order chi connectivity index (χ1) is 10.2. The van der Waals surface area contributed by atoms with Gasteiger partial charge in [0.05, 0.1) is 32.2 Å². The highest BCUT2D eigenvalue weighted by Gasteiger charge is 2.49. The normalized spacial score (nSPS) is 24.0. The van der Waals surface area contributed by atoms with E-state index in [0.717, 1.165) is 19.4 Å². The summed E-state index contributed by atoms with van der Waals surface area (Å²) in [7, 11) is 0. The number of ether oxygens (including phenoxy) is 3. The predicted octanol–water partition coefficient (Wildman–Crippen LogP) is 1.65. The third-order valence-electron chi connectivity index (χ3n) is 3.68. The van der Waals surface area contributed by atoms with E-state index in [1.54, 1.807) is 20.8 Å². The summed E-state index contributed by atoms with van der Waals surface area (Å²) in [5.41, 5.74) is -1.39. The van der Waals surface area contributed by atoms with Crippen LogP contribution >= 0.6 is 0 Å². The Morgan fingerprint density at radius 3 is 2.55 bits per heavy atom. The van der Waals surface area contributed by atoms with Gasteiger partial charge in [-0.2, -0.15) is 0 Å².